The van der Waals surface area contributed by atoms with Crippen molar-refractivity contribution in [2.75, 3.05) is 5.32 Å². The van der Waals surface area contributed by atoms with Gasteiger partial charge in [0, 0.05) is 13.0 Å². The predicted octanol–water partition coefficient (Wildman–Crippen LogP) is 3.98. The number of benzene rings is 2. The van der Waals surface area contributed by atoms with Crippen LogP contribution in [0.5, 0.6) is 0 Å². The van der Waals surface area contributed by atoms with Gasteiger partial charge in [-0.1, -0.05) is 17.4 Å². The molecule has 1 N–H and O–H groups in total. The van der Waals surface area contributed by atoms with E-state index in [1.54, 1.807) is 19.1 Å². The fraction of sp³-hybridized carbons (Fsp3) is 0.174. The summed E-state index contributed by atoms with van der Waals surface area (Å²) in [6.07, 6.45) is 1.53. The number of aryl methyl sites for hydroxylation is 2. The Labute approximate surface area is 191 Å². The van der Waals surface area contributed by atoms with Crippen molar-refractivity contribution in [1.29, 1.82) is 0 Å². The first-order chi connectivity index (χ1) is 15.9. The molecule has 3 heterocycles. The third kappa shape index (κ3) is 4.00. The molecule has 5 aromatic rings. The van der Waals surface area contributed by atoms with Crippen molar-refractivity contribution in [2.24, 2.45) is 0 Å². The number of nitrogens with one attached hydrogen (secondary N) is 1. The summed E-state index contributed by atoms with van der Waals surface area (Å²) in [5, 5.41) is 7.91. The Hall–Kier alpha value is -3.92. The molecule has 8 nitrogen and oxygen atoms in total. The van der Waals surface area contributed by atoms with E-state index in [9.17, 15) is 14.0 Å². The van der Waals surface area contributed by atoms with Gasteiger partial charge < -0.3 is 5.32 Å². The zero-order valence-corrected chi connectivity index (χ0v) is 18.7. The Morgan fingerprint density at radius 2 is 1.91 bits per heavy atom. The largest absolute Gasteiger partial charge is 0.302 e. The average molecular weight is 463 g/mol. The maximum atomic E-state index is 13.2. The molecular formula is C23H19FN6O2S. The highest BCUT2D eigenvalue weighted by atomic mass is 32.1. The van der Waals surface area contributed by atoms with Gasteiger partial charge in [0.25, 0.3) is 5.56 Å². The number of hydrogen-bond donors (Lipinski definition) is 1. The van der Waals surface area contributed by atoms with Crippen molar-refractivity contribution in [3.05, 3.63) is 76.2 Å². The van der Waals surface area contributed by atoms with Crippen molar-refractivity contribution in [3.8, 4) is 5.69 Å². The first kappa shape index (κ1) is 21.0. The lowest BCUT2D eigenvalue weighted by molar-refractivity contribution is -0.116. The second kappa shape index (κ2) is 8.21. The molecule has 0 bridgehead atoms. The van der Waals surface area contributed by atoms with Crippen LogP contribution in [0.4, 0.5) is 9.52 Å². The SMILES string of the molecule is Cc1ccc2nc(NC(=O)CCn3c(C)nc4c(cnn4-c4ccc(F)cc4)c3=O)sc2c1. The predicted molar refractivity (Wildman–Crippen MR) is 125 cm³/mol. The summed E-state index contributed by atoms with van der Waals surface area (Å²) in [5.41, 5.74) is 2.66. The van der Waals surface area contributed by atoms with Gasteiger partial charge >= 0.3 is 0 Å². The van der Waals surface area contributed by atoms with Gasteiger partial charge in [-0.05, 0) is 55.8 Å². The van der Waals surface area contributed by atoms with Crippen LogP contribution in [0.25, 0.3) is 26.9 Å². The lowest BCUT2D eigenvalue weighted by atomic mass is 10.2. The molecule has 0 atom stereocenters. The van der Waals surface area contributed by atoms with E-state index < -0.39 is 0 Å². The summed E-state index contributed by atoms with van der Waals surface area (Å²) in [7, 11) is 0. The minimum absolute atomic E-state index is 0.0922. The van der Waals surface area contributed by atoms with Crippen LogP contribution in [0, 0.1) is 19.7 Å². The first-order valence-corrected chi connectivity index (χ1v) is 11.1. The Bertz CT molecular complexity index is 1570. The fourth-order valence-corrected chi connectivity index (χ4v) is 4.60. The Balaban J connectivity index is 1.35. The number of amides is 1. The molecule has 0 saturated carbocycles. The van der Waals surface area contributed by atoms with Gasteiger partial charge in [-0.25, -0.2) is 19.0 Å². The number of halogens is 1. The second-order valence-corrected chi connectivity index (χ2v) is 8.70. The minimum atomic E-state index is -0.360. The maximum Gasteiger partial charge on any atom is 0.264 e. The molecule has 10 heteroatoms. The summed E-state index contributed by atoms with van der Waals surface area (Å²) in [5.74, 6) is -0.139. The molecule has 3 aromatic heterocycles. The zero-order valence-electron chi connectivity index (χ0n) is 17.9. The molecule has 5 rings (SSSR count). The van der Waals surface area contributed by atoms with E-state index in [1.807, 2.05) is 25.1 Å². The molecule has 0 aliphatic heterocycles. The van der Waals surface area contributed by atoms with Crippen LogP contribution in [0.1, 0.15) is 17.8 Å². The zero-order chi connectivity index (χ0) is 23.1. The van der Waals surface area contributed by atoms with E-state index in [-0.39, 0.29) is 30.2 Å². The smallest absolute Gasteiger partial charge is 0.264 e. The summed E-state index contributed by atoms with van der Waals surface area (Å²) in [4.78, 5) is 34.5. The third-order valence-corrected chi connectivity index (χ3v) is 6.24. The van der Waals surface area contributed by atoms with Crippen LogP contribution in [-0.4, -0.2) is 30.2 Å². The van der Waals surface area contributed by atoms with E-state index >= 15 is 0 Å². The van der Waals surface area contributed by atoms with Crippen LogP contribution >= 0.6 is 11.3 Å². The number of fused-ring (bicyclic) bond motifs is 2. The number of carbonyl (C=O) groups is 1. The molecule has 166 valence electrons. The molecule has 0 spiro atoms. The van der Waals surface area contributed by atoms with E-state index in [1.165, 1.54) is 38.9 Å². The highest BCUT2D eigenvalue weighted by Gasteiger charge is 2.15. The van der Waals surface area contributed by atoms with Crippen molar-refractivity contribution in [2.45, 2.75) is 26.8 Å². The summed E-state index contributed by atoms with van der Waals surface area (Å²) in [6, 6.07) is 11.7. The van der Waals surface area contributed by atoms with Gasteiger partial charge in [0.2, 0.25) is 5.91 Å². The highest BCUT2D eigenvalue weighted by molar-refractivity contribution is 7.22. The second-order valence-electron chi connectivity index (χ2n) is 7.67. The van der Waals surface area contributed by atoms with Gasteiger partial charge in [0.1, 0.15) is 17.0 Å². The Morgan fingerprint density at radius 1 is 1.12 bits per heavy atom. The molecule has 1 amide bonds. The van der Waals surface area contributed by atoms with E-state index in [4.69, 9.17) is 0 Å². The number of anilines is 1. The normalized spacial score (nSPS) is 11.4. The molecule has 0 unspecified atom stereocenters. The summed E-state index contributed by atoms with van der Waals surface area (Å²) < 4.78 is 17.2. The Morgan fingerprint density at radius 3 is 2.70 bits per heavy atom. The quantitative estimate of drug-likeness (QED) is 0.426. The van der Waals surface area contributed by atoms with Gasteiger partial charge in [0.15, 0.2) is 10.8 Å². The number of aromatic nitrogens is 5. The number of carbonyl (C=O) groups excluding carboxylic acids is 1. The average Bonchev–Trinajstić information content (AvgIpc) is 3.37. The molecular weight excluding hydrogens is 443 g/mol. The van der Waals surface area contributed by atoms with Crippen molar-refractivity contribution in [1.82, 2.24) is 24.3 Å². The molecule has 2 aromatic carbocycles. The summed E-state index contributed by atoms with van der Waals surface area (Å²) in [6.45, 7) is 3.88. The Kier molecular flexibility index (Phi) is 5.21. The monoisotopic (exact) mass is 462 g/mol. The highest BCUT2D eigenvalue weighted by Crippen LogP contribution is 2.26. The molecule has 0 radical (unpaired) electrons. The van der Waals surface area contributed by atoms with Crippen molar-refractivity contribution < 1.29 is 9.18 Å². The number of thiazole rings is 1. The van der Waals surface area contributed by atoms with E-state index in [2.05, 4.69) is 20.4 Å². The van der Waals surface area contributed by atoms with Gasteiger partial charge in [-0.3, -0.25) is 14.2 Å². The van der Waals surface area contributed by atoms with Gasteiger partial charge in [-0.15, -0.1) is 0 Å². The molecule has 0 fully saturated rings. The van der Waals surface area contributed by atoms with Crippen LogP contribution in [-0.2, 0) is 11.3 Å². The molecule has 0 aliphatic carbocycles. The van der Waals surface area contributed by atoms with E-state index in [0.29, 0.717) is 27.7 Å². The minimum Gasteiger partial charge on any atom is -0.302 e. The fourth-order valence-electron chi connectivity index (χ4n) is 3.62. The maximum absolute atomic E-state index is 13.2. The topological polar surface area (TPSA) is 94.7 Å². The summed E-state index contributed by atoms with van der Waals surface area (Å²) >= 11 is 1.41. The van der Waals surface area contributed by atoms with Gasteiger partial charge in [0.05, 0.1) is 22.1 Å². The van der Waals surface area contributed by atoms with Crippen LogP contribution in [0.15, 0.2) is 53.5 Å². The first-order valence-electron chi connectivity index (χ1n) is 10.3. The van der Waals surface area contributed by atoms with Crippen LogP contribution < -0.4 is 10.9 Å². The lowest BCUT2D eigenvalue weighted by Gasteiger charge is -2.10. The lowest BCUT2D eigenvalue weighted by Crippen LogP contribution is -2.26. The number of nitrogens with zero attached hydrogens (tertiary/aromatic N) is 5. The van der Waals surface area contributed by atoms with E-state index in [0.717, 1.165) is 15.8 Å². The standard InChI is InChI=1S/C23H19FN6O2S/c1-13-3-8-18-19(11-13)33-23(27-18)28-20(31)9-10-29-14(2)26-21-17(22(29)32)12-25-30(21)16-6-4-15(24)5-7-16/h3-8,11-12H,9-10H2,1-2H3,(H,27,28,31). The van der Waals surface area contributed by atoms with Crippen molar-refractivity contribution in [3.63, 3.8) is 0 Å². The number of rotatable bonds is 5. The van der Waals surface area contributed by atoms with Crippen LogP contribution in [0.3, 0.4) is 0 Å². The van der Waals surface area contributed by atoms with Crippen LogP contribution in [0.2, 0.25) is 0 Å². The van der Waals surface area contributed by atoms with Crippen molar-refractivity contribution >= 4 is 43.6 Å². The molecule has 0 saturated heterocycles. The molecule has 0 aliphatic rings. The number of hydrogen-bond acceptors (Lipinski definition) is 6. The third-order valence-electron chi connectivity index (χ3n) is 5.30. The molecule has 33 heavy (non-hydrogen) atoms. The van der Waals surface area contributed by atoms with Gasteiger partial charge in [-0.2, -0.15) is 5.10 Å².